The van der Waals surface area contributed by atoms with Crippen molar-refractivity contribution >= 4 is 23.6 Å². The van der Waals surface area contributed by atoms with Crippen molar-refractivity contribution in [2.45, 2.75) is 89.4 Å². The van der Waals surface area contributed by atoms with Gasteiger partial charge < -0.3 is 21.1 Å². The van der Waals surface area contributed by atoms with Crippen LogP contribution in [0.5, 0.6) is 0 Å². The van der Waals surface area contributed by atoms with Gasteiger partial charge in [-0.2, -0.15) is 15.3 Å². The van der Waals surface area contributed by atoms with Crippen molar-refractivity contribution in [3.05, 3.63) is 78.4 Å². The van der Waals surface area contributed by atoms with E-state index in [1.165, 1.54) is 6.20 Å². The van der Waals surface area contributed by atoms with Crippen molar-refractivity contribution in [2.75, 3.05) is 22.1 Å². The Morgan fingerprint density at radius 1 is 1.06 bits per heavy atom. The number of unbranched alkanes of at least 4 members (excludes halogenated alkanes) is 1. The molecule has 5 rings (SSSR count). The van der Waals surface area contributed by atoms with Crippen LogP contribution in [-0.2, 0) is 13.6 Å². The molecule has 1 fully saturated rings. The fourth-order valence-electron chi connectivity index (χ4n) is 6.14. The quantitative estimate of drug-likeness (QED) is 0.113. The molecule has 4 aromatic rings. The molecule has 1 saturated carbocycles. The number of aliphatic hydroxyl groups excluding tert-OH is 1. The predicted octanol–water partition coefficient (Wildman–Crippen LogP) is 6.03. The monoisotopic (exact) mass is 650 g/mol. The molecule has 12 heteroatoms. The minimum Gasteiger partial charge on any atom is -0.391 e. The highest BCUT2D eigenvalue weighted by molar-refractivity contribution is 5.91. The number of anilines is 3. The molecule has 48 heavy (non-hydrogen) atoms. The minimum atomic E-state index is -0.456. The van der Waals surface area contributed by atoms with Crippen LogP contribution in [0.15, 0.2) is 67.3 Å². The molecule has 4 N–H and O–H groups in total. The first-order valence-electron chi connectivity index (χ1n) is 17.0. The van der Waals surface area contributed by atoms with Gasteiger partial charge in [0.05, 0.1) is 24.5 Å². The molecule has 0 radical (unpaired) electrons. The third kappa shape index (κ3) is 9.29. The Morgan fingerprint density at radius 3 is 2.60 bits per heavy atom. The molecule has 1 aliphatic carbocycles. The van der Waals surface area contributed by atoms with Gasteiger partial charge in [-0.15, -0.1) is 0 Å². The smallest absolute Gasteiger partial charge is 0.323 e. The Bertz CT molecular complexity index is 1640. The van der Waals surface area contributed by atoms with Crippen LogP contribution in [0.1, 0.15) is 75.8 Å². The molecular formula is C36H46N10O2. The van der Waals surface area contributed by atoms with Crippen LogP contribution < -0.4 is 20.9 Å². The summed E-state index contributed by atoms with van der Waals surface area (Å²) < 4.78 is 1.75. The molecule has 3 aromatic heterocycles. The largest absolute Gasteiger partial charge is 0.391 e. The molecule has 12 nitrogen and oxygen atoms in total. The SMILES string of the molecule is CCCC(CCCCNc1ncc(C#N)c(NC2CCCCC2O)n1)N(C(=O)NCc1ccccc1)c1ccc(-c2cnn(C)c2)cn1. The number of aryl methyl sites for hydroxylation is 1. The van der Waals surface area contributed by atoms with E-state index in [2.05, 4.69) is 44.0 Å². The third-order valence-electron chi connectivity index (χ3n) is 8.73. The van der Waals surface area contributed by atoms with Gasteiger partial charge in [0.25, 0.3) is 0 Å². The lowest BCUT2D eigenvalue weighted by atomic mass is 9.92. The Morgan fingerprint density at radius 2 is 1.90 bits per heavy atom. The lowest BCUT2D eigenvalue weighted by Gasteiger charge is -2.31. The maximum absolute atomic E-state index is 13.8. The summed E-state index contributed by atoms with van der Waals surface area (Å²) in [5.41, 5.74) is 3.29. The zero-order valence-electron chi connectivity index (χ0n) is 27.8. The molecule has 0 bridgehead atoms. The summed E-state index contributed by atoms with van der Waals surface area (Å²) in [6.07, 6.45) is 14.5. The Balaban J connectivity index is 1.23. The Kier molecular flexibility index (Phi) is 12.3. The third-order valence-corrected chi connectivity index (χ3v) is 8.73. The van der Waals surface area contributed by atoms with Gasteiger partial charge in [0.15, 0.2) is 0 Å². The number of nitrogens with zero attached hydrogens (tertiary/aromatic N) is 7. The number of urea groups is 1. The first kappa shape index (κ1) is 34.3. The second-order valence-corrected chi connectivity index (χ2v) is 12.4. The van der Waals surface area contributed by atoms with E-state index in [1.807, 2.05) is 60.6 Å². The van der Waals surface area contributed by atoms with E-state index in [9.17, 15) is 15.2 Å². The van der Waals surface area contributed by atoms with Gasteiger partial charge >= 0.3 is 6.03 Å². The zero-order chi connectivity index (χ0) is 33.7. The van der Waals surface area contributed by atoms with Gasteiger partial charge in [0, 0.05) is 49.7 Å². The fraction of sp³-hybridized carbons (Fsp3) is 0.444. The molecule has 3 atom stereocenters. The normalized spacial score (nSPS) is 16.5. The number of hydrogen-bond acceptors (Lipinski definition) is 9. The number of rotatable bonds is 15. The number of nitrogens with one attached hydrogen (secondary N) is 3. The van der Waals surface area contributed by atoms with Gasteiger partial charge in [0.1, 0.15) is 23.3 Å². The summed E-state index contributed by atoms with van der Waals surface area (Å²) >= 11 is 0. The summed E-state index contributed by atoms with van der Waals surface area (Å²) in [7, 11) is 1.88. The topological polar surface area (TPSA) is 157 Å². The van der Waals surface area contributed by atoms with Gasteiger partial charge in [-0.25, -0.2) is 14.8 Å². The molecule has 0 aliphatic heterocycles. The number of amides is 2. The van der Waals surface area contributed by atoms with Crippen LogP contribution in [0.3, 0.4) is 0 Å². The highest BCUT2D eigenvalue weighted by Gasteiger charge is 2.26. The standard InChI is InChI=1S/C36H46N10O2/c1-3-11-30(14-9-10-19-38-35-40-23-28(20-37)34(44-35)43-31-15-7-8-16-32(31)47)46(36(48)41-21-26-12-5-4-6-13-26)33-18-17-27(22-39-33)29-24-42-45(2)25-29/h4-6,12-13,17-18,22-25,30-32,47H,3,7-11,14-16,19,21H2,1-2H3,(H,41,48)(H2,38,40,43,44). The van der Waals surface area contributed by atoms with Gasteiger partial charge in [-0.3, -0.25) is 9.58 Å². The molecule has 2 amide bonds. The van der Waals surface area contributed by atoms with E-state index < -0.39 is 6.10 Å². The molecule has 1 aliphatic rings. The van der Waals surface area contributed by atoms with Crippen LogP contribution in [0.25, 0.3) is 11.1 Å². The van der Waals surface area contributed by atoms with E-state index >= 15 is 0 Å². The number of hydrogen-bond donors (Lipinski definition) is 4. The summed E-state index contributed by atoms with van der Waals surface area (Å²) in [5.74, 6) is 1.49. The van der Waals surface area contributed by atoms with Crippen molar-refractivity contribution in [3.63, 3.8) is 0 Å². The number of carbonyl (C=O) groups excluding carboxylic acids is 1. The number of pyridine rings is 1. The van der Waals surface area contributed by atoms with Gasteiger partial charge in [-0.05, 0) is 56.2 Å². The van der Waals surface area contributed by atoms with Gasteiger partial charge in [-0.1, -0.05) is 56.5 Å². The highest BCUT2D eigenvalue weighted by Crippen LogP contribution is 2.26. The maximum atomic E-state index is 13.8. The van der Waals surface area contributed by atoms with Crippen LogP contribution in [-0.4, -0.2) is 60.6 Å². The van der Waals surface area contributed by atoms with E-state index in [4.69, 9.17) is 4.98 Å². The molecule has 3 heterocycles. The molecule has 3 unspecified atom stereocenters. The van der Waals surface area contributed by atoms with Crippen LogP contribution >= 0.6 is 0 Å². The summed E-state index contributed by atoms with van der Waals surface area (Å²) in [6, 6.07) is 15.6. The van der Waals surface area contributed by atoms with E-state index in [0.29, 0.717) is 36.2 Å². The van der Waals surface area contributed by atoms with Crippen LogP contribution in [0, 0.1) is 11.3 Å². The van der Waals surface area contributed by atoms with E-state index in [-0.39, 0.29) is 18.1 Å². The summed E-state index contributed by atoms with van der Waals surface area (Å²) in [4.78, 5) is 29.3. The minimum absolute atomic E-state index is 0.0496. The van der Waals surface area contributed by atoms with E-state index in [1.54, 1.807) is 17.1 Å². The molecule has 252 valence electrons. The predicted molar refractivity (Wildman–Crippen MR) is 187 cm³/mol. The lowest BCUT2D eigenvalue weighted by molar-refractivity contribution is 0.116. The molecule has 0 spiro atoms. The number of aromatic nitrogens is 5. The second-order valence-electron chi connectivity index (χ2n) is 12.4. The zero-order valence-corrected chi connectivity index (χ0v) is 27.8. The second kappa shape index (κ2) is 17.2. The van der Waals surface area contributed by atoms with Gasteiger partial charge in [0.2, 0.25) is 5.95 Å². The summed E-state index contributed by atoms with van der Waals surface area (Å²) in [5, 5.41) is 33.9. The highest BCUT2D eigenvalue weighted by atomic mass is 16.3. The number of benzene rings is 1. The van der Waals surface area contributed by atoms with Crippen molar-refractivity contribution in [3.8, 4) is 17.2 Å². The number of nitriles is 1. The number of carbonyl (C=O) groups is 1. The van der Waals surface area contributed by atoms with Crippen molar-refractivity contribution in [2.24, 2.45) is 7.05 Å². The summed E-state index contributed by atoms with van der Waals surface area (Å²) in [6.45, 7) is 3.19. The van der Waals surface area contributed by atoms with E-state index in [0.717, 1.165) is 74.5 Å². The Labute approximate surface area is 282 Å². The average Bonchev–Trinajstić information content (AvgIpc) is 3.55. The first-order chi connectivity index (χ1) is 23.4. The average molecular weight is 651 g/mol. The first-order valence-corrected chi connectivity index (χ1v) is 17.0. The van der Waals surface area contributed by atoms with Crippen molar-refractivity contribution < 1.29 is 9.90 Å². The Hall–Kier alpha value is -5.02. The maximum Gasteiger partial charge on any atom is 0.323 e. The molecular weight excluding hydrogens is 604 g/mol. The van der Waals surface area contributed by atoms with Crippen molar-refractivity contribution in [1.82, 2.24) is 30.0 Å². The van der Waals surface area contributed by atoms with Crippen LogP contribution in [0.2, 0.25) is 0 Å². The van der Waals surface area contributed by atoms with Crippen LogP contribution in [0.4, 0.5) is 22.4 Å². The number of aliphatic hydroxyl groups is 1. The molecule has 1 aromatic carbocycles. The lowest BCUT2D eigenvalue weighted by Crippen LogP contribution is -2.46. The van der Waals surface area contributed by atoms with Crippen molar-refractivity contribution in [1.29, 1.82) is 5.26 Å². The fourth-order valence-corrected chi connectivity index (χ4v) is 6.14. The molecule has 0 saturated heterocycles.